The first kappa shape index (κ1) is 21.4. The van der Waals surface area contributed by atoms with E-state index in [1.54, 1.807) is 38.1 Å². The summed E-state index contributed by atoms with van der Waals surface area (Å²) in [6.07, 6.45) is 0.0182. The van der Waals surface area contributed by atoms with E-state index in [2.05, 4.69) is 0 Å². The number of carbonyl (C=O) groups excluding carboxylic acids is 3. The second-order valence-corrected chi connectivity index (χ2v) is 7.69. The van der Waals surface area contributed by atoms with Crippen LogP contribution >= 0.6 is 0 Å². The minimum Gasteiger partial charge on any atom is -0.493 e. The van der Waals surface area contributed by atoms with Crippen LogP contribution in [0.5, 0.6) is 28.7 Å². The maximum atomic E-state index is 12.8. The molecule has 0 N–H and O–H groups in total. The number of esters is 2. The first-order valence-electron chi connectivity index (χ1n) is 9.97. The Balaban J connectivity index is 1.91. The first-order valence-corrected chi connectivity index (χ1v) is 9.97. The van der Waals surface area contributed by atoms with Gasteiger partial charge in [-0.2, -0.15) is 0 Å². The Morgan fingerprint density at radius 3 is 2.22 bits per heavy atom. The molecule has 0 saturated heterocycles. The first-order chi connectivity index (χ1) is 15.2. The van der Waals surface area contributed by atoms with Crippen LogP contribution in [-0.2, 0) is 9.59 Å². The van der Waals surface area contributed by atoms with Crippen LogP contribution in [-0.4, -0.2) is 31.9 Å². The Morgan fingerprint density at radius 2 is 1.66 bits per heavy atom. The molecule has 0 aromatic heterocycles. The molecule has 1 unspecified atom stereocenters. The molecule has 0 aliphatic carbocycles. The summed E-state index contributed by atoms with van der Waals surface area (Å²) in [7, 11) is 2.88. The van der Waals surface area contributed by atoms with Crippen LogP contribution in [0.1, 0.15) is 54.6 Å². The zero-order valence-electron chi connectivity index (χ0n) is 18.4. The highest BCUT2D eigenvalue weighted by Gasteiger charge is 2.39. The Bertz CT molecular complexity index is 1160. The lowest BCUT2D eigenvalue weighted by atomic mass is 9.84. The lowest BCUT2D eigenvalue weighted by Crippen LogP contribution is -2.22. The molecular weight excluding hydrogens is 416 g/mol. The number of carbonyl (C=O) groups is 3. The number of hydrogen-bond donors (Lipinski definition) is 0. The molecule has 166 valence electrons. The highest BCUT2D eigenvalue weighted by Crippen LogP contribution is 2.51. The summed E-state index contributed by atoms with van der Waals surface area (Å²) >= 11 is 0. The van der Waals surface area contributed by atoms with Crippen molar-refractivity contribution in [3.8, 4) is 28.7 Å². The van der Waals surface area contributed by atoms with Gasteiger partial charge in [0.15, 0.2) is 17.3 Å². The molecule has 2 aliphatic rings. The molecule has 0 amide bonds. The molecule has 4 rings (SSSR count). The Hall–Kier alpha value is -3.81. The SMILES string of the molecule is COc1cc(C2CC(=O)Oc3ccc4c(c32)OC(=C(C)C)C4=O)cc(OC)c1OC(C)=O. The van der Waals surface area contributed by atoms with Gasteiger partial charge in [-0.25, -0.2) is 0 Å². The van der Waals surface area contributed by atoms with Crippen molar-refractivity contribution in [1.29, 1.82) is 0 Å². The van der Waals surface area contributed by atoms with Gasteiger partial charge in [-0.15, -0.1) is 0 Å². The topological polar surface area (TPSA) is 97.4 Å². The van der Waals surface area contributed by atoms with E-state index < -0.39 is 17.9 Å². The quantitative estimate of drug-likeness (QED) is 0.402. The van der Waals surface area contributed by atoms with Gasteiger partial charge in [-0.1, -0.05) is 0 Å². The van der Waals surface area contributed by atoms with Gasteiger partial charge in [0.25, 0.3) is 0 Å². The van der Waals surface area contributed by atoms with Crippen LogP contribution in [0.4, 0.5) is 0 Å². The third-order valence-corrected chi connectivity index (χ3v) is 5.34. The van der Waals surface area contributed by atoms with Gasteiger partial charge in [0.1, 0.15) is 11.5 Å². The molecule has 0 spiro atoms. The van der Waals surface area contributed by atoms with Gasteiger partial charge in [0, 0.05) is 18.4 Å². The predicted molar refractivity (Wildman–Crippen MR) is 113 cm³/mol. The Labute approximate surface area is 184 Å². The molecule has 0 bridgehead atoms. The van der Waals surface area contributed by atoms with Crippen LogP contribution in [0.2, 0.25) is 0 Å². The maximum absolute atomic E-state index is 12.8. The summed E-state index contributed by atoms with van der Waals surface area (Å²) in [6, 6.07) is 6.56. The molecule has 0 radical (unpaired) electrons. The third-order valence-electron chi connectivity index (χ3n) is 5.34. The monoisotopic (exact) mass is 438 g/mol. The van der Waals surface area contributed by atoms with E-state index in [0.717, 1.165) is 5.57 Å². The zero-order valence-corrected chi connectivity index (χ0v) is 18.4. The van der Waals surface area contributed by atoms with E-state index in [-0.39, 0.29) is 35.2 Å². The molecule has 2 aliphatic heterocycles. The lowest BCUT2D eigenvalue weighted by molar-refractivity contribution is -0.135. The largest absolute Gasteiger partial charge is 0.493 e. The van der Waals surface area contributed by atoms with Crippen LogP contribution < -0.4 is 23.7 Å². The van der Waals surface area contributed by atoms with Crippen LogP contribution in [0.15, 0.2) is 35.6 Å². The van der Waals surface area contributed by atoms with E-state index >= 15 is 0 Å². The number of ketones is 1. The molecule has 0 fully saturated rings. The second-order valence-electron chi connectivity index (χ2n) is 7.69. The number of methoxy groups -OCH3 is 2. The maximum Gasteiger partial charge on any atom is 0.312 e. The van der Waals surface area contributed by atoms with Gasteiger partial charge in [-0.05, 0) is 49.2 Å². The molecule has 2 aromatic rings. The minimum absolute atomic E-state index is 0.0182. The average molecular weight is 438 g/mol. The van der Waals surface area contributed by atoms with Crippen molar-refractivity contribution in [1.82, 2.24) is 0 Å². The van der Waals surface area contributed by atoms with E-state index in [1.807, 2.05) is 0 Å². The fraction of sp³-hybridized carbons (Fsp3) is 0.292. The van der Waals surface area contributed by atoms with Crippen molar-refractivity contribution in [2.75, 3.05) is 14.2 Å². The van der Waals surface area contributed by atoms with Gasteiger partial charge in [-0.3, -0.25) is 14.4 Å². The number of allylic oxidation sites excluding steroid dienone is 2. The van der Waals surface area contributed by atoms with Crippen molar-refractivity contribution in [2.24, 2.45) is 0 Å². The molecule has 2 aromatic carbocycles. The van der Waals surface area contributed by atoms with Crippen LogP contribution in [0, 0.1) is 0 Å². The summed E-state index contributed by atoms with van der Waals surface area (Å²) in [6.45, 7) is 4.87. The lowest BCUT2D eigenvalue weighted by Gasteiger charge is -2.27. The molecule has 2 heterocycles. The number of Topliss-reactive ketones (excluding diaryl/α,β-unsaturated/α-hetero) is 1. The van der Waals surface area contributed by atoms with Gasteiger partial charge < -0.3 is 23.7 Å². The smallest absolute Gasteiger partial charge is 0.312 e. The van der Waals surface area contributed by atoms with Gasteiger partial charge >= 0.3 is 11.9 Å². The summed E-state index contributed by atoms with van der Waals surface area (Å²) < 4.78 is 27.5. The zero-order chi connectivity index (χ0) is 23.2. The number of rotatable bonds is 4. The fourth-order valence-electron chi connectivity index (χ4n) is 3.95. The summed E-state index contributed by atoms with van der Waals surface area (Å²) in [5.74, 6) is -0.00680. The average Bonchev–Trinajstić information content (AvgIpc) is 3.09. The molecule has 0 saturated carbocycles. The van der Waals surface area contributed by atoms with Crippen LogP contribution in [0.25, 0.3) is 0 Å². The fourth-order valence-corrected chi connectivity index (χ4v) is 3.95. The van der Waals surface area contributed by atoms with E-state index in [9.17, 15) is 14.4 Å². The summed E-state index contributed by atoms with van der Waals surface area (Å²) in [5, 5.41) is 0. The normalized spacial score (nSPS) is 16.5. The second kappa shape index (κ2) is 8.03. The van der Waals surface area contributed by atoms with Gasteiger partial charge in [0.2, 0.25) is 11.5 Å². The number of ether oxygens (including phenoxy) is 5. The number of benzene rings is 2. The Morgan fingerprint density at radius 1 is 1.00 bits per heavy atom. The summed E-state index contributed by atoms with van der Waals surface area (Å²) in [5.41, 5.74) is 2.41. The molecule has 8 heteroatoms. The summed E-state index contributed by atoms with van der Waals surface area (Å²) in [4.78, 5) is 36.7. The van der Waals surface area contributed by atoms with Crippen molar-refractivity contribution in [3.05, 3.63) is 52.3 Å². The predicted octanol–water partition coefficient (Wildman–Crippen LogP) is 3.94. The van der Waals surface area contributed by atoms with Crippen molar-refractivity contribution in [3.63, 3.8) is 0 Å². The van der Waals surface area contributed by atoms with Crippen molar-refractivity contribution >= 4 is 17.7 Å². The molecule has 1 atom stereocenters. The molecule has 8 nitrogen and oxygen atoms in total. The molecular formula is C24H22O8. The molecule has 32 heavy (non-hydrogen) atoms. The van der Waals surface area contributed by atoms with Crippen molar-refractivity contribution < 1.29 is 38.1 Å². The highest BCUT2D eigenvalue weighted by molar-refractivity contribution is 6.13. The number of fused-ring (bicyclic) bond motifs is 3. The Kier molecular flexibility index (Phi) is 5.38. The van der Waals surface area contributed by atoms with Crippen LogP contribution in [0.3, 0.4) is 0 Å². The standard InChI is InChI=1S/C24H22O8/c1-11(2)22-21(27)14-6-7-16-20(23(14)32-22)15(10-19(26)31-16)13-8-17(28-4)24(30-12(3)25)18(9-13)29-5/h6-9,15H,10H2,1-5H3. The van der Waals surface area contributed by atoms with E-state index in [0.29, 0.717) is 28.2 Å². The van der Waals surface area contributed by atoms with Crippen molar-refractivity contribution in [2.45, 2.75) is 33.1 Å². The van der Waals surface area contributed by atoms with E-state index in [4.69, 9.17) is 23.7 Å². The van der Waals surface area contributed by atoms with Gasteiger partial charge in [0.05, 0.1) is 26.2 Å². The minimum atomic E-state index is -0.528. The highest BCUT2D eigenvalue weighted by atomic mass is 16.6. The third kappa shape index (κ3) is 3.47. The van der Waals surface area contributed by atoms with E-state index in [1.165, 1.54) is 21.1 Å². The number of hydrogen-bond acceptors (Lipinski definition) is 8.